The van der Waals surface area contributed by atoms with Gasteiger partial charge in [-0.25, -0.2) is 0 Å². The fourth-order valence-corrected chi connectivity index (χ4v) is 5.05. The summed E-state index contributed by atoms with van der Waals surface area (Å²) in [6.45, 7) is 6.70. The maximum Gasteiger partial charge on any atom is 0.242 e. The number of aryl methyl sites for hydroxylation is 1. The van der Waals surface area contributed by atoms with Gasteiger partial charge in [0.2, 0.25) is 17.7 Å². The number of hydrogen-bond acceptors (Lipinski definition) is 6. The monoisotopic (exact) mass is 438 g/mol. The third kappa shape index (κ3) is 4.57. The summed E-state index contributed by atoms with van der Waals surface area (Å²) in [5.41, 5.74) is 0.270. The molecule has 7 heteroatoms. The van der Waals surface area contributed by atoms with Crippen molar-refractivity contribution in [1.29, 1.82) is 0 Å². The highest BCUT2D eigenvalue weighted by Crippen LogP contribution is 2.41. The van der Waals surface area contributed by atoms with Gasteiger partial charge in [0.05, 0.1) is 0 Å². The summed E-state index contributed by atoms with van der Waals surface area (Å²) in [7, 11) is 0. The van der Waals surface area contributed by atoms with Crippen molar-refractivity contribution in [2.75, 3.05) is 24.5 Å². The number of carbonyl (C=O) groups excluding carboxylic acids is 1. The van der Waals surface area contributed by atoms with E-state index < -0.39 is 5.54 Å². The molecular formula is C24H30N4O2S. The molecule has 1 aromatic carbocycles. The van der Waals surface area contributed by atoms with E-state index in [0.717, 1.165) is 44.6 Å². The average molecular weight is 439 g/mol. The van der Waals surface area contributed by atoms with E-state index in [-0.39, 0.29) is 5.91 Å². The normalized spacial score (nSPS) is 16.3. The lowest BCUT2D eigenvalue weighted by Crippen LogP contribution is -2.56. The van der Waals surface area contributed by atoms with Crippen LogP contribution >= 0.6 is 11.3 Å². The number of piperidine rings is 1. The molecule has 6 nitrogen and oxygen atoms in total. The zero-order valence-corrected chi connectivity index (χ0v) is 19.1. The van der Waals surface area contributed by atoms with Gasteiger partial charge in [-0.1, -0.05) is 38.1 Å². The standard InChI is InChI=1S/C24H30N4O2S/c1-3-21-25-26-23(30-21)24(28(22(29)4-2)19-9-6-5-7-10-19)13-16-27(17-14-24)15-12-20-11-8-18-31-20/h5-11,18H,3-4,12-17H2,1-2H3. The molecule has 1 fully saturated rings. The van der Waals surface area contributed by atoms with E-state index in [4.69, 9.17) is 4.42 Å². The summed E-state index contributed by atoms with van der Waals surface area (Å²) in [6, 6.07) is 14.2. The third-order valence-electron chi connectivity index (χ3n) is 6.10. The van der Waals surface area contributed by atoms with E-state index in [2.05, 4.69) is 32.6 Å². The van der Waals surface area contributed by atoms with Crippen LogP contribution in [0.5, 0.6) is 0 Å². The zero-order chi connectivity index (χ0) is 21.7. The minimum Gasteiger partial charge on any atom is -0.423 e. The highest BCUT2D eigenvalue weighted by Gasteiger charge is 2.48. The van der Waals surface area contributed by atoms with Crippen LogP contribution in [0.4, 0.5) is 5.69 Å². The Hall–Kier alpha value is -2.51. The number of nitrogens with zero attached hydrogens (tertiary/aromatic N) is 4. The largest absolute Gasteiger partial charge is 0.423 e. The van der Waals surface area contributed by atoms with E-state index in [9.17, 15) is 4.79 Å². The van der Waals surface area contributed by atoms with E-state index in [1.807, 2.05) is 60.4 Å². The van der Waals surface area contributed by atoms with Crippen molar-refractivity contribution in [2.45, 2.75) is 51.5 Å². The van der Waals surface area contributed by atoms with E-state index in [1.165, 1.54) is 4.88 Å². The highest BCUT2D eigenvalue weighted by molar-refractivity contribution is 7.09. The van der Waals surface area contributed by atoms with Gasteiger partial charge >= 0.3 is 0 Å². The maximum absolute atomic E-state index is 13.3. The quantitative estimate of drug-likeness (QED) is 0.511. The summed E-state index contributed by atoms with van der Waals surface area (Å²) in [5, 5.41) is 10.8. The van der Waals surface area contributed by atoms with Crippen LogP contribution in [0.15, 0.2) is 52.3 Å². The minimum atomic E-state index is -0.617. The summed E-state index contributed by atoms with van der Waals surface area (Å²) < 4.78 is 6.09. The number of anilines is 1. The van der Waals surface area contributed by atoms with Crippen LogP contribution in [-0.4, -0.2) is 40.6 Å². The topological polar surface area (TPSA) is 62.5 Å². The van der Waals surface area contributed by atoms with Crippen LogP contribution < -0.4 is 4.90 Å². The van der Waals surface area contributed by atoms with E-state index in [0.29, 0.717) is 24.6 Å². The van der Waals surface area contributed by atoms with Crippen molar-refractivity contribution in [3.05, 3.63) is 64.5 Å². The van der Waals surface area contributed by atoms with E-state index >= 15 is 0 Å². The Balaban J connectivity index is 1.63. The van der Waals surface area contributed by atoms with Gasteiger partial charge in [0.15, 0.2) is 0 Å². The molecular weight excluding hydrogens is 408 g/mol. The van der Waals surface area contributed by atoms with Gasteiger partial charge in [0.25, 0.3) is 0 Å². The molecule has 1 amide bonds. The number of para-hydroxylation sites is 1. The molecule has 0 radical (unpaired) electrons. The summed E-state index contributed by atoms with van der Waals surface area (Å²) in [5.74, 6) is 1.26. The molecule has 3 aromatic rings. The summed E-state index contributed by atoms with van der Waals surface area (Å²) in [6.07, 6.45) is 3.70. The Morgan fingerprint density at radius 1 is 1.13 bits per heavy atom. The van der Waals surface area contributed by atoms with Crippen LogP contribution in [0.2, 0.25) is 0 Å². The molecule has 0 N–H and O–H groups in total. The number of hydrogen-bond donors (Lipinski definition) is 0. The van der Waals surface area contributed by atoms with Crippen molar-refractivity contribution < 1.29 is 9.21 Å². The Bertz CT molecular complexity index is 963. The number of rotatable bonds is 8. The van der Waals surface area contributed by atoms with Gasteiger partial charge in [0, 0.05) is 43.0 Å². The van der Waals surface area contributed by atoms with Crippen molar-refractivity contribution >= 4 is 22.9 Å². The third-order valence-corrected chi connectivity index (χ3v) is 7.04. The summed E-state index contributed by atoms with van der Waals surface area (Å²) in [4.78, 5) is 19.1. The molecule has 4 rings (SSSR count). The van der Waals surface area contributed by atoms with E-state index in [1.54, 1.807) is 0 Å². The lowest BCUT2D eigenvalue weighted by molar-refractivity contribution is -0.120. The molecule has 0 unspecified atom stereocenters. The SMILES string of the molecule is CCC(=O)N(c1ccccc1)C1(c2nnc(CC)o2)CCN(CCc2cccs2)CC1. The second kappa shape index (κ2) is 9.75. The number of likely N-dealkylation sites (tertiary alicyclic amines) is 1. The van der Waals surface area contributed by atoms with Crippen LogP contribution in [0.3, 0.4) is 0 Å². The van der Waals surface area contributed by atoms with Gasteiger partial charge in [-0.05, 0) is 42.8 Å². The molecule has 2 aromatic heterocycles. The second-order valence-electron chi connectivity index (χ2n) is 7.98. The molecule has 0 spiro atoms. The highest BCUT2D eigenvalue weighted by atomic mass is 32.1. The number of benzene rings is 1. The molecule has 0 saturated carbocycles. The maximum atomic E-state index is 13.3. The Morgan fingerprint density at radius 2 is 1.90 bits per heavy atom. The van der Waals surface area contributed by atoms with Crippen molar-refractivity contribution in [3.63, 3.8) is 0 Å². The lowest BCUT2D eigenvalue weighted by atomic mass is 9.84. The predicted octanol–water partition coefficient (Wildman–Crippen LogP) is 4.67. The second-order valence-corrected chi connectivity index (χ2v) is 9.01. The van der Waals surface area contributed by atoms with Crippen molar-refractivity contribution in [3.8, 4) is 0 Å². The first-order chi connectivity index (χ1) is 15.2. The van der Waals surface area contributed by atoms with Gasteiger partial charge in [-0.2, -0.15) is 0 Å². The van der Waals surface area contributed by atoms with Gasteiger partial charge < -0.3 is 9.32 Å². The van der Waals surface area contributed by atoms with Crippen molar-refractivity contribution in [2.24, 2.45) is 0 Å². The molecule has 0 bridgehead atoms. The van der Waals surface area contributed by atoms with Crippen LogP contribution in [0, 0.1) is 0 Å². The first-order valence-corrected chi connectivity index (χ1v) is 12.0. The number of amides is 1. The number of carbonyl (C=O) groups is 1. The molecule has 31 heavy (non-hydrogen) atoms. The zero-order valence-electron chi connectivity index (χ0n) is 18.3. The molecule has 1 aliphatic rings. The van der Waals surface area contributed by atoms with Gasteiger partial charge in [-0.15, -0.1) is 21.5 Å². The minimum absolute atomic E-state index is 0.0782. The Morgan fingerprint density at radius 3 is 2.52 bits per heavy atom. The van der Waals surface area contributed by atoms with Gasteiger partial charge in [-0.3, -0.25) is 9.69 Å². The van der Waals surface area contributed by atoms with Crippen LogP contribution in [0.1, 0.15) is 49.8 Å². The molecule has 164 valence electrons. The lowest BCUT2D eigenvalue weighted by Gasteiger charge is -2.46. The molecule has 3 heterocycles. The first kappa shape index (κ1) is 21.7. The average Bonchev–Trinajstić information content (AvgIpc) is 3.51. The molecule has 0 aliphatic carbocycles. The smallest absolute Gasteiger partial charge is 0.242 e. The first-order valence-electron chi connectivity index (χ1n) is 11.1. The van der Waals surface area contributed by atoms with Gasteiger partial charge in [0.1, 0.15) is 5.54 Å². The fraction of sp³-hybridized carbons (Fsp3) is 0.458. The molecule has 0 atom stereocenters. The fourth-order valence-electron chi connectivity index (χ4n) is 4.35. The summed E-state index contributed by atoms with van der Waals surface area (Å²) >= 11 is 1.81. The van der Waals surface area contributed by atoms with Crippen LogP contribution in [-0.2, 0) is 23.2 Å². The number of aromatic nitrogens is 2. The van der Waals surface area contributed by atoms with Crippen molar-refractivity contribution in [1.82, 2.24) is 15.1 Å². The number of thiophene rings is 1. The Kier molecular flexibility index (Phi) is 6.83. The molecule has 1 saturated heterocycles. The van der Waals surface area contributed by atoms with Crippen LogP contribution in [0.25, 0.3) is 0 Å². The molecule has 1 aliphatic heterocycles. The predicted molar refractivity (Wildman–Crippen MR) is 123 cm³/mol. The Labute approximate surface area is 187 Å².